The van der Waals surface area contributed by atoms with Gasteiger partial charge in [0.1, 0.15) is 0 Å². The fourth-order valence-electron chi connectivity index (χ4n) is 5.22. The molecule has 10 heteroatoms. The summed E-state index contributed by atoms with van der Waals surface area (Å²) in [6.45, 7) is 6.18. The lowest BCUT2D eigenvalue weighted by molar-refractivity contribution is -0.0199. The maximum Gasteiger partial charge on any atom is 0.254 e. The Morgan fingerprint density at radius 3 is 2.77 bits per heavy atom. The van der Waals surface area contributed by atoms with Gasteiger partial charge in [0, 0.05) is 38.5 Å². The molecule has 2 fully saturated rings. The summed E-state index contributed by atoms with van der Waals surface area (Å²) in [5.74, 6) is 0.277. The van der Waals surface area contributed by atoms with Crippen LogP contribution in [0, 0.1) is 6.92 Å². The Hall–Kier alpha value is -2.66. The van der Waals surface area contributed by atoms with Crippen LogP contribution in [-0.4, -0.2) is 76.1 Å². The third-order valence-corrected chi connectivity index (χ3v) is 7.97. The number of amides is 1. The predicted molar refractivity (Wildman–Crippen MR) is 134 cm³/mol. The second-order valence-electron chi connectivity index (χ2n) is 9.24. The Balaban J connectivity index is 1.39. The number of aryl methyl sites for hydroxylation is 1. The first-order valence-electron chi connectivity index (χ1n) is 12.2. The van der Waals surface area contributed by atoms with Gasteiger partial charge in [0.05, 0.1) is 47.8 Å². The van der Waals surface area contributed by atoms with Crippen molar-refractivity contribution in [2.45, 2.75) is 44.8 Å². The number of morpholine rings is 1. The summed E-state index contributed by atoms with van der Waals surface area (Å²) in [6, 6.07) is 4.04. The van der Waals surface area contributed by atoms with Crippen LogP contribution in [0.25, 0.3) is 16.5 Å². The van der Waals surface area contributed by atoms with Crippen molar-refractivity contribution >= 4 is 17.2 Å². The molecule has 4 heterocycles. The summed E-state index contributed by atoms with van der Waals surface area (Å²) in [5.41, 5.74) is 2.98. The average molecular weight is 497 g/mol. The molecule has 0 unspecified atom stereocenters. The number of carbonyl (C=O) groups is 1. The Morgan fingerprint density at radius 2 is 2.06 bits per heavy atom. The molecular weight excluding hydrogens is 464 g/mol. The van der Waals surface area contributed by atoms with Crippen LogP contribution in [0.2, 0.25) is 0 Å². The van der Waals surface area contributed by atoms with Crippen LogP contribution in [-0.2, 0) is 16.1 Å². The van der Waals surface area contributed by atoms with E-state index in [0.29, 0.717) is 23.8 Å². The summed E-state index contributed by atoms with van der Waals surface area (Å²) >= 11 is 1.63. The third-order valence-electron chi connectivity index (χ3n) is 7.09. The van der Waals surface area contributed by atoms with Gasteiger partial charge in [0.15, 0.2) is 0 Å². The van der Waals surface area contributed by atoms with Crippen LogP contribution in [0.5, 0.6) is 0 Å². The molecule has 0 atom stereocenters. The molecule has 9 nitrogen and oxygen atoms in total. The van der Waals surface area contributed by atoms with Gasteiger partial charge in [-0.3, -0.25) is 9.69 Å². The number of hydrogen-bond acceptors (Lipinski definition) is 8. The lowest BCUT2D eigenvalue weighted by Crippen LogP contribution is -2.57. The number of aromatic nitrogens is 4. The van der Waals surface area contributed by atoms with Crippen molar-refractivity contribution in [2.24, 2.45) is 0 Å². The van der Waals surface area contributed by atoms with E-state index in [1.807, 2.05) is 24.4 Å². The lowest BCUT2D eigenvalue weighted by Gasteiger charge is -2.43. The topological polar surface area (TPSA) is 94.4 Å². The van der Waals surface area contributed by atoms with E-state index in [0.717, 1.165) is 55.3 Å². The maximum absolute atomic E-state index is 13.4. The first-order valence-corrected chi connectivity index (χ1v) is 13.0. The van der Waals surface area contributed by atoms with E-state index in [1.54, 1.807) is 35.5 Å². The van der Waals surface area contributed by atoms with Crippen molar-refractivity contribution in [3.8, 4) is 16.5 Å². The Morgan fingerprint density at radius 1 is 1.26 bits per heavy atom. The van der Waals surface area contributed by atoms with E-state index in [4.69, 9.17) is 14.5 Å². The lowest BCUT2D eigenvalue weighted by atomic mass is 9.94. The zero-order valence-corrected chi connectivity index (χ0v) is 21.1. The van der Waals surface area contributed by atoms with Gasteiger partial charge in [-0.1, -0.05) is 18.9 Å². The molecule has 3 aromatic rings. The summed E-state index contributed by atoms with van der Waals surface area (Å²) in [5, 5.41) is 9.73. The maximum atomic E-state index is 13.4. The highest BCUT2D eigenvalue weighted by atomic mass is 32.1. The van der Waals surface area contributed by atoms with Crippen molar-refractivity contribution in [3.63, 3.8) is 0 Å². The molecule has 5 rings (SSSR count). The minimum Gasteiger partial charge on any atom is -0.379 e. The van der Waals surface area contributed by atoms with E-state index in [-0.39, 0.29) is 18.1 Å². The van der Waals surface area contributed by atoms with Crippen LogP contribution in [0.4, 0.5) is 0 Å². The Bertz CT molecular complexity index is 1150. The van der Waals surface area contributed by atoms with Crippen LogP contribution < -0.4 is 5.32 Å². The second kappa shape index (κ2) is 10.5. The molecule has 3 aromatic heterocycles. The normalized spacial score (nSPS) is 18.1. The molecule has 1 N–H and O–H groups in total. The van der Waals surface area contributed by atoms with Gasteiger partial charge in [-0.15, -0.1) is 11.3 Å². The fourth-order valence-corrected chi connectivity index (χ4v) is 6.00. The van der Waals surface area contributed by atoms with Gasteiger partial charge in [0.2, 0.25) is 0 Å². The number of thiophene rings is 1. The molecule has 1 saturated carbocycles. The second-order valence-corrected chi connectivity index (χ2v) is 10.2. The number of methoxy groups -OCH3 is 1. The number of hydrogen-bond donors (Lipinski definition) is 1. The van der Waals surface area contributed by atoms with Gasteiger partial charge in [0.25, 0.3) is 11.9 Å². The van der Waals surface area contributed by atoms with Crippen LogP contribution in [0.1, 0.15) is 47.3 Å². The average Bonchev–Trinajstić information content (AvgIpc) is 3.66. The largest absolute Gasteiger partial charge is 0.379 e. The van der Waals surface area contributed by atoms with E-state index < -0.39 is 0 Å². The highest BCUT2D eigenvalue weighted by molar-refractivity contribution is 7.13. The van der Waals surface area contributed by atoms with Gasteiger partial charge in [-0.25, -0.2) is 9.97 Å². The number of ether oxygens (including phenoxy) is 2. The molecule has 0 aromatic carbocycles. The monoisotopic (exact) mass is 496 g/mol. The number of rotatable bonds is 8. The molecular formula is C25H32N6O3S. The molecule has 1 aliphatic heterocycles. The van der Waals surface area contributed by atoms with Gasteiger partial charge in [-0.05, 0) is 36.8 Å². The molecule has 1 saturated heterocycles. The van der Waals surface area contributed by atoms with E-state index in [1.165, 1.54) is 12.8 Å². The molecule has 1 amide bonds. The summed E-state index contributed by atoms with van der Waals surface area (Å²) in [4.78, 5) is 26.2. The van der Waals surface area contributed by atoms with E-state index in [2.05, 4.69) is 20.3 Å². The minimum absolute atomic E-state index is 0.00648. The highest BCUT2D eigenvalue weighted by Crippen LogP contribution is 2.35. The first-order chi connectivity index (χ1) is 17.1. The fraction of sp³-hybridized carbons (Fsp3) is 0.520. The minimum atomic E-state index is -0.145. The summed E-state index contributed by atoms with van der Waals surface area (Å²) in [7, 11) is 1.61. The molecule has 186 valence electrons. The zero-order chi connectivity index (χ0) is 24.3. The smallest absolute Gasteiger partial charge is 0.254 e. The van der Waals surface area contributed by atoms with Crippen molar-refractivity contribution < 1.29 is 14.3 Å². The van der Waals surface area contributed by atoms with E-state index in [9.17, 15) is 4.79 Å². The Labute approximate surface area is 209 Å². The van der Waals surface area contributed by atoms with Crippen molar-refractivity contribution in [2.75, 3.05) is 40.0 Å². The van der Waals surface area contributed by atoms with Gasteiger partial charge in [-0.2, -0.15) is 9.78 Å². The van der Waals surface area contributed by atoms with Gasteiger partial charge < -0.3 is 14.8 Å². The standard InChI is InChI=1S/C25H32N6O3S/c1-18-14-26-24(29-22(18)21-6-5-13-35-21)31-20(16-33-2)19(15-28-31)23(32)27-17-25(7-3-4-8-25)30-9-11-34-12-10-30/h5-6,13-15H,3-4,7-12,16-17H2,1-2H3,(H,27,32). The summed E-state index contributed by atoms with van der Waals surface area (Å²) in [6.07, 6.45) is 7.96. The van der Waals surface area contributed by atoms with Crippen LogP contribution >= 0.6 is 11.3 Å². The molecule has 2 aliphatic rings. The van der Waals surface area contributed by atoms with E-state index >= 15 is 0 Å². The molecule has 0 radical (unpaired) electrons. The third kappa shape index (κ3) is 4.88. The molecule has 0 bridgehead atoms. The SMILES string of the molecule is COCc1c(C(=O)NCC2(N3CCOCC3)CCCC2)cnn1-c1ncc(C)c(-c2cccs2)n1. The predicted octanol–water partition coefficient (Wildman–Crippen LogP) is 3.22. The molecule has 35 heavy (non-hydrogen) atoms. The van der Waals surface area contributed by atoms with Crippen LogP contribution in [0.3, 0.4) is 0 Å². The summed E-state index contributed by atoms with van der Waals surface area (Å²) < 4.78 is 12.6. The molecule has 1 aliphatic carbocycles. The number of nitrogens with zero attached hydrogens (tertiary/aromatic N) is 5. The van der Waals surface area contributed by atoms with Crippen molar-refractivity contribution in [1.29, 1.82) is 0 Å². The molecule has 0 spiro atoms. The zero-order valence-electron chi connectivity index (χ0n) is 20.3. The Kier molecular flexibility index (Phi) is 7.24. The number of nitrogens with one attached hydrogen (secondary N) is 1. The van der Waals surface area contributed by atoms with Crippen molar-refractivity contribution in [1.82, 2.24) is 30.0 Å². The quantitative estimate of drug-likeness (QED) is 0.512. The van der Waals surface area contributed by atoms with Gasteiger partial charge >= 0.3 is 0 Å². The first kappa shape index (κ1) is 24.1. The van der Waals surface area contributed by atoms with Crippen molar-refractivity contribution in [3.05, 3.63) is 46.7 Å². The van der Waals surface area contributed by atoms with Crippen LogP contribution in [0.15, 0.2) is 29.9 Å². The number of carbonyl (C=O) groups excluding carboxylic acids is 1. The highest BCUT2D eigenvalue weighted by Gasteiger charge is 2.40.